The van der Waals surface area contributed by atoms with Gasteiger partial charge in [0.2, 0.25) is 0 Å². The number of fused-ring (bicyclic) bond motifs is 1. The number of halogens is 1. The van der Waals surface area contributed by atoms with E-state index in [1.165, 1.54) is 30.6 Å². The second-order valence-electron chi connectivity index (χ2n) is 8.06. The van der Waals surface area contributed by atoms with Crippen molar-refractivity contribution < 1.29 is 26.2 Å². The van der Waals surface area contributed by atoms with Crippen molar-refractivity contribution >= 4 is 52.7 Å². The third kappa shape index (κ3) is 5.16. The van der Waals surface area contributed by atoms with Crippen molar-refractivity contribution in [3.8, 4) is 11.1 Å². The number of aryl methyl sites for hydroxylation is 1. The quantitative estimate of drug-likeness (QED) is 0.322. The maximum absolute atomic E-state index is 13.4. The molecule has 4 rings (SSSR count). The highest BCUT2D eigenvalue weighted by molar-refractivity contribution is 9.10. The summed E-state index contributed by atoms with van der Waals surface area (Å²) in [5.41, 5.74) is 1.37. The fourth-order valence-corrected chi connectivity index (χ4v) is 5.95. The Balaban J connectivity index is 1.89. The van der Waals surface area contributed by atoms with Crippen LogP contribution in [0.1, 0.15) is 21.6 Å². The number of carbonyl (C=O) groups excluding carboxylic acids is 1. The minimum Gasteiger partial charge on any atom is -0.347 e. The topological polar surface area (TPSA) is 143 Å². The van der Waals surface area contributed by atoms with Gasteiger partial charge < -0.3 is 5.32 Å². The first kappa shape index (κ1) is 25.9. The lowest BCUT2D eigenvalue weighted by Gasteiger charge is -2.16. The first-order valence-electron chi connectivity index (χ1n) is 10.5. The van der Waals surface area contributed by atoms with Crippen LogP contribution in [0.5, 0.6) is 0 Å². The number of aromatic nitrogens is 2. The molecule has 2 aromatic heterocycles. The fourth-order valence-electron chi connectivity index (χ4n) is 3.81. The highest BCUT2D eigenvalue weighted by atomic mass is 79.9. The molecule has 0 aliphatic rings. The van der Waals surface area contributed by atoms with Crippen LogP contribution in [0.2, 0.25) is 0 Å². The molecule has 0 saturated carbocycles. The Morgan fingerprint density at radius 3 is 2.44 bits per heavy atom. The van der Waals surface area contributed by atoms with E-state index < -0.39 is 30.8 Å². The molecule has 0 radical (unpaired) electrons. The van der Waals surface area contributed by atoms with Crippen molar-refractivity contribution in [3.05, 3.63) is 82.2 Å². The van der Waals surface area contributed by atoms with Gasteiger partial charge in [0, 0.05) is 46.2 Å². The second-order valence-corrected chi connectivity index (χ2v) is 12.3. The molecule has 0 saturated heterocycles. The van der Waals surface area contributed by atoms with Crippen LogP contribution in [-0.2, 0) is 26.5 Å². The minimum absolute atomic E-state index is 0.0525. The average molecular weight is 590 g/mol. The lowest BCUT2D eigenvalue weighted by atomic mass is 9.98. The number of sulfone groups is 1. The summed E-state index contributed by atoms with van der Waals surface area (Å²) in [6, 6.07) is 12.4. The van der Waals surface area contributed by atoms with Gasteiger partial charge in [-0.2, -0.15) is 8.42 Å². The number of hydrogen-bond donors (Lipinski definition) is 2. The predicted molar refractivity (Wildman–Crippen MR) is 138 cm³/mol. The first-order chi connectivity index (χ1) is 16.9. The molecular weight excluding hydrogens is 570 g/mol. The van der Waals surface area contributed by atoms with Gasteiger partial charge in [-0.25, -0.2) is 13.4 Å². The molecule has 0 unspecified atom stereocenters. The van der Waals surface area contributed by atoms with Crippen LogP contribution in [0.15, 0.2) is 75.2 Å². The third-order valence-corrected chi connectivity index (χ3v) is 8.43. The third-order valence-electron chi connectivity index (χ3n) is 5.48. The van der Waals surface area contributed by atoms with E-state index in [0.29, 0.717) is 26.5 Å². The highest BCUT2D eigenvalue weighted by Crippen LogP contribution is 2.37. The number of benzene rings is 2. The number of nitrogens with zero attached hydrogens (tertiary/aromatic N) is 2. The van der Waals surface area contributed by atoms with E-state index in [0.717, 1.165) is 6.26 Å². The minimum atomic E-state index is -4.69. The number of amides is 1. The molecule has 0 atom stereocenters. The molecule has 1 amide bonds. The van der Waals surface area contributed by atoms with Gasteiger partial charge >= 0.3 is 0 Å². The summed E-state index contributed by atoms with van der Waals surface area (Å²) in [7, 11) is -8.23. The molecule has 36 heavy (non-hydrogen) atoms. The summed E-state index contributed by atoms with van der Waals surface area (Å²) in [5, 5.41) is 3.22. The van der Waals surface area contributed by atoms with Crippen molar-refractivity contribution in [2.75, 3.05) is 6.26 Å². The number of nitrogens with one attached hydrogen (secondary N) is 1. The highest BCUT2D eigenvalue weighted by Gasteiger charge is 2.26. The van der Waals surface area contributed by atoms with Crippen molar-refractivity contribution in [1.29, 1.82) is 0 Å². The molecule has 2 heterocycles. The smallest absolute Gasteiger partial charge is 0.295 e. The largest absolute Gasteiger partial charge is 0.347 e. The van der Waals surface area contributed by atoms with Crippen molar-refractivity contribution in [2.24, 2.45) is 0 Å². The molecule has 0 bridgehead atoms. The monoisotopic (exact) mass is 589 g/mol. The van der Waals surface area contributed by atoms with E-state index in [1.807, 2.05) is 0 Å². The molecular formula is C24H20BrN3O6S2. The Hall–Kier alpha value is -3.19. The van der Waals surface area contributed by atoms with Crippen LogP contribution in [0.3, 0.4) is 0 Å². The number of carbonyl (C=O) groups is 1. The van der Waals surface area contributed by atoms with Crippen LogP contribution >= 0.6 is 15.9 Å². The molecule has 0 aliphatic carbocycles. The Morgan fingerprint density at radius 1 is 1.03 bits per heavy atom. The van der Waals surface area contributed by atoms with Crippen LogP contribution < -0.4 is 5.32 Å². The Kier molecular flexibility index (Phi) is 6.97. The molecule has 0 fully saturated rings. The van der Waals surface area contributed by atoms with E-state index in [9.17, 15) is 26.2 Å². The molecule has 0 aliphatic heterocycles. The van der Waals surface area contributed by atoms with Crippen molar-refractivity contribution in [3.63, 3.8) is 0 Å². The maximum atomic E-state index is 13.4. The summed E-state index contributed by atoms with van der Waals surface area (Å²) in [4.78, 5) is 21.7. The molecule has 0 spiro atoms. The SMILES string of the molecule is Cc1cc(-c2c(C(=O)NCc3ccccc3S(C)(=O)=O)ncc3cccnc23)c(S(=O)(=O)O)cc1Br. The molecule has 4 aromatic rings. The van der Waals surface area contributed by atoms with Crippen LogP contribution in [0, 0.1) is 6.92 Å². The van der Waals surface area contributed by atoms with E-state index in [1.54, 1.807) is 37.3 Å². The number of hydrogen-bond acceptors (Lipinski definition) is 7. The zero-order valence-electron chi connectivity index (χ0n) is 19.1. The van der Waals surface area contributed by atoms with Crippen LogP contribution in [0.4, 0.5) is 0 Å². The number of rotatable bonds is 6. The van der Waals surface area contributed by atoms with Gasteiger partial charge in [-0.15, -0.1) is 0 Å². The van der Waals surface area contributed by atoms with Gasteiger partial charge in [0.1, 0.15) is 10.6 Å². The fraction of sp³-hybridized carbons (Fsp3) is 0.125. The second kappa shape index (κ2) is 9.69. The Morgan fingerprint density at radius 2 is 1.75 bits per heavy atom. The van der Waals surface area contributed by atoms with Crippen LogP contribution in [0.25, 0.3) is 22.0 Å². The predicted octanol–water partition coefficient (Wildman–Crippen LogP) is 3.95. The standard InChI is InChI=1S/C24H20BrN3O6S2/c1-14-10-17(20(11-18(14)25)36(32,33)34)21-22-16(7-5-9-26-22)13-27-23(21)24(29)28-12-15-6-3-4-8-19(15)35(2,30)31/h3-11,13H,12H2,1-2H3,(H,28,29)(H,32,33,34). The van der Waals surface area contributed by atoms with Gasteiger partial charge in [-0.05, 0) is 48.4 Å². The molecule has 12 heteroatoms. The molecule has 2 N–H and O–H groups in total. The summed E-state index contributed by atoms with van der Waals surface area (Å²) < 4.78 is 59.2. The van der Waals surface area contributed by atoms with Crippen molar-refractivity contribution in [2.45, 2.75) is 23.3 Å². The number of pyridine rings is 2. The lowest BCUT2D eigenvalue weighted by molar-refractivity contribution is 0.0946. The summed E-state index contributed by atoms with van der Waals surface area (Å²) in [5.74, 6) is -0.678. The maximum Gasteiger partial charge on any atom is 0.295 e. The lowest BCUT2D eigenvalue weighted by Crippen LogP contribution is -2.25. The summed E-state index contributed by atoms with van der Waals surface area (Å²) in [6.07, 6.45) is 4.01. The Bertz CT molecular complexity index is 1740. The first-order valence-corrected chi connectivity index (χ1v) is 14.6. The van der Waals surface area contributed by atoms with E-state index in [2.05, 4.69) is 31.2 Å². The van der Waals surface area contributed by atoms with Crippen molar-refractivity contribution in [1.82, 2.24) is 15.3 Å². The van der Waals surface area contributed by atoms with Gasteiger partial charge in [-0.1, -0.05) is 34.1 Å². The van der Waals surface area contributed by atoms with E-state index in [-0.39, 0.29) is 28.3 Å². The molecule has 9 nitrogen and oxygen atoms in total. The normalized spacial score (nSPS) is 12.0. The Labute approximate surface area is 216 Å². The van der Waals surface area contributed by atoms with Crippen LogP contribution in [-0.4, -0.2) is 43.5 Å². The van der Waals surface area contributed by atoms with Gasteiger partial charge in [0.15, 0.2) is 9.84 Å². The molecule has 186 valence electrons. The van der Waals surface area contributed by atoms with Gasteiger partial charge in [-0.3, -0.25) is 14.3 Å². The zero-order valence-corrected chi connectivity index (χ0v) is 22.3. The average Bonchev–Trinajstić information content (AvgIpc) is 2.82. The zero-order chi connectivity index (χ0) is 26.3. The van der Waals surface area contributed by atoms with Gasteiger partial charge in [0.25, 0.3) is 16.0 Å². The molecule has 2 aromatic carbocycles. The summed E-state index contributed by atoms with van der Waals surface area (Å²) in [6.45, 7) is 1.61. The summed E-state index contributed by atoms with van der Waals surface area (Å²) >= 11 is 3.28. The van der Waals surface area contributed by atoms with E-state index in [4.69, 9.17) is 0 Å². The van der Waals surface area contributed by atoms with E-state index >= 15 is 0 Å². The van der Waals surface area contributed by atoms with Gasteiger partial charge in [0.05, 0.1) is 10.4 Å².